The number of aromatic nitrogens is 2. The Morgan fingerprint density at radius 1 is 1.32 bits per heavy atom. The molecule has 1 aromatic heterocycles. The van der Waals surface area contributed by atoms with Crippen molar-refractivity contribution in [1.29, 1.82) is 0 Å². The number of rotatable bonds is 5. The van der Waals surface area contributed by atoms with Crippen LogP contribution in [-0.2, 0) is 19.1 Å². The van der Waals surface area contributed by atoms with Crippen LogP contribution in [0.1, 0.15) is 24.5 Å². The third-order valence-electron chi connectivity index (χ3n) is 3.37. The number of ether oxygens (including phenoxy) is 1. The van der Waals surface area contributed by atoms with Crippen LogP contribution in [0.25, 0.3) is 0 Å². The van der Waals surface area contributed by atoms with Gasteiger partial charge in [0, 0.05) is 13.2 Å². The largest absolute Gasteiger partial charge is 0.497 e. The Kier molecular flexibility index (Phi) is 3.90. The molecule has 1 unspecified atom stereocenters. The van der Waals surface area contributed by atoms with Gasteiger partial charge < -0.3 is 9.84 Å². The van der Waals surface area contributed by atoms with Crippen molar-refractivity contribution in [2.45, 2.75) is 25.4 Å². The molecule has 1 N–H and O–H groups in total. The monoisotopic (exact) mass is 260 g/mol. The van der Waals surface area contributed by atoms with Gasteiger partial charge in [0.15, 0.2) is 0 Å². The summed E-state index contributed by atoms with van der Waals surface area (Å²) in [5.74, 6) is 0.798. The number of benzene rings is 1. The van der Waals surface area contributed by atoms with Gasteiger partial charge in [-0.3, -0.25) is 4.68 Å². The second-order valence-electron chi connectivity index (χ2n) is 5.02. The number of hydrogen-bond donors (Lipinski definition) is 1. The second-order valence-corrected chi connectivity index (χ2v) is 5.02. The van der Waals surface area contributed by atoms with E-state index in [0.29, 0.717) is 6.42 Å². The van der Waals surface area contributed by atoms with Crippen LogP contribution in [0.4, 0.5) is 0 Å². The van der Waals surface area contributed by atoms with Crippen molar-refractivity contribution in [3.05, 3.63) is 47.8 Å². The number of methoxy groups -OCH3 is 1. The molecule has 0 amide bonds. The highest BCUT2D eigenvalue weighted by Crippen LogP contribution is 2.27. The quantitative estimate of drug-likeness (QED) is 0.897. The number of aryl methyl sites for hydroxylation is 2. The summed E-state index contributed by atoms with van der Waals surface area (Å²) < 4.78 is 6.90. The average Bonchev–Trinajstić information content (AvgIpc) is 2.82. The molecule has 0 bridgehead atoms. The molecule has 19 heavy (non-hydrogen) atoms. The van der Waals surface area contributed by atoms with E-state index in [0.717, 1.165) is 23.3 Å². The van der Waals surface area contributed by atoms with Gasteiger partial charge in [0.2, 0.25) is 0 Å². The molecule has 0 radical (unpaired) electrons. The normalized spacial score (nSPS) is 14.1. The van der Waals surface area contributed by atoms with Crippen LogP contribution >= 0.6 is 0 Å². The van der Waals surface area contributed by atoms with Crippen molar-refractivity contribution in [2.75, 3.05) is 7.11 Å². The molecule has 4 heteroatoms. The van der Waals surface area contributed by atoms with E-state index in [1.807, 2.05) is 50.6 Å². The molecule has 0 fully saturated rings. The molecule has 0 aliphatic rings. The van der Waals surface area contributed by atoms with Crippen LogP contribution in [0.5, 0.6) is 5.75 Å². The topological polar surface area (TPSA) is 47.3 Å². The van der Waals surface area contributed by atoms with E-state index < -0.39 is 5.60 Å². The Bertz CT molecular complexity index is 529. The summed E-state index contributed by atoms with van der Waals surface area (Å²) in [5, 5.41) is 14.7. The van der Waals surface area contributed by atoms with Gasteiger partial charge in [0.05, 0.1) is 18.9 Å². The van der Waals surface area contributed by atoms with Gasteiger partial charge >= 0.3 is 0 Å². The molecular weight excluding hydrogens is 240 g/mol. The minimum Gasteiger partial charge on any atom is -0.497 e. The minimum absolute atomic E-state index is 0.658. The summed E-state index contributed by atoms with van der Waals surface area (Å²) in [6, 6.07) is 7.55. The summed E-state index contributed by atoms with van der Waals surface area (Å²) in [7, 11) is 3.53. The van der Waals surface area contributed by atoms with E-state index in [2.05, 4.69) is 5.10 Å². The molecule has 0 aliphatic heterocycles. The van der Waals surface area contributed by atoms with Gasteiger partial charge in [0.1, 0.15) is 5.75 Å². The fraction of sp³-hybridized carbons (Fsp3) is 0.400. The second kappa shape index (κ2) is 5.45. The molecule has 102 valence electrons. The first-order chi connectivity index (χ1) is 9.01. The Labute approximate surface area is 113 Å². The summed E-state index contributed by atoms with van der Waals surface area (Å²) in [6.07, 6.45) is 5.27. The number of hydrogen-bond acceptors (Lipinski definition) is 3. The minimum atomic E-state index is -0.845. The molecule has 0 saturated heterocycles. The highest BCUT2D eigenvalue weighted by atomic mass is 16.5. The summed E-state index contributed by atoms with van der Waals surface area (Å²) >= 11 is 0. The third kappa shape index (κ3) is 3.35. The van der Waals surface area contributed by atoms with Crippen LogP contribution in [-0.4, -0.2) is 22.0 Å². The van der Waals surface area contributed by atoms with Crippen LogP contribution in [0.2, 0.25) is 0 Å². The molecule has 4 nitrogen and oxygen atoms in total. The lowest BCUT2D eigenvalue weighted by Crippen LogP contribution is -2.21. The average molecular weight is 260 g/mol. The predicted octanol–water partition coefficient (Wildman–Crippen LogP) is 2.27. The summed E-state index contributed by atoms with van der Waals surface area (Å²) in [5.41, 5.74) is 1.19. The van der Waals surface area contributed by atoms with E-state index in [-0.39, 0.29) is 0 Å². The van der Waals surface area contributed by atoms with Crippen LogP contribution < -0.4 is 4.74 Å². The Balaban J connectivity index is 2.04. The fourth-order valence-electron chi connectivity index (χ4n) is 2.08. The molecular formula is C15H20N2O2. The van der Waals surface area contributed by atoms with Gasteiger partial charge in [-0.1, -0.05) is 12.1 Å². The highest BCUT2D eigenvalue weighted by molar-refractivity contribution is 5.30. The maximum Gasteiger partial charge on any atom is 0.118 e. The number of aliphatic hydroxyl groups is 1. The molecule has 1 aromatic carbocycles. The lowest BCUT2D eigenvalue weighted by atomic mass is 9.90. The first-order valence-corrected chi connectivity index (χ1v) is 6.36. The Hall–Kier alpha value is -1.81. The molecule has 2 aromatic rings. The van der Waals surface area contributed by atoms with Crippen molar-refractivity contribution < 1.29 is 9.84 Å². The van der Waals surface area contributed by atoms with Crippen LogP contribution in [0.15, 0.2) is 36.7 Å². The first kappa shape index (κ1) is 13.6. The van der Waals surface area contributed by atoms with Crippen molar-refractivity contribution in [3.63, 3.8) is 0 Å². The van der Waals surface area contributed by atoms with E-state index in [1.54, 1.807) is 11.8 Å². The van der Waals surface area contributed by atoms with Crippen molar-refractivity contribution in [1.82, 2.24) is 9.78 Å². The Morgan fingerprint density at radius 3 is 2.53 bits per heavy atom. The van der Waals surface area contributed by atoms with E-state index >= 15 is 0 Å². The van der Waals surface area contributed by atoms with Crippen molar-refractivity contribution >= 4 is 0 Å². The molecule has 1 heterocycles. The zero-order valence-corrected chi connectivity index (χ0v) is 11.6. The van der Waals surface area contributed by atoms with Gasteiger partial charge in [-0.05, 0) is 43.0 Å². The molecule has 0 saturated carbocycles. The van der Waals surface area contributed by atoms with Crippen molar-refractivity contribution in [2.24, 2.45) is 7.05 Å². The number of nitrogens with zero attached hydrogens (tertiary/aromatic N) is 2. The predicted molar refractivity (Wildman–Crippen MR) is 74.1 cm³/mol. The maximum absolute atomic E-state index is 10.5. The summed E-state index contributed by atoms with van der Waals surface area (Å²) in [6.45, 7) is 1.84. The standard InChI is InChI=1S/C15H20N2O2/c1-15(18,9-8-12-10-16-17(2)11-12)13-4-6-14(19-3)7-5-13/h4-7,10-11,18H,8-9H2,1-3H3. The highest BCUT2D eigenvalue weighted by Gasteiger charge is 2.22. The third-order valence-corrected chi connectivity index (χ3v) is 3.37. The van der Waals surface area contributed by atoms with Gasteiger partial charge in [-0.25, -0.2) is 0 Å². The first-order valence-electron chi connectivity index (χ1n) is 6.36. The van der Waals surface area contributed by atoms with Gasteiger partial charge in [-0.15, -0.1) is 0 Å². The van der Waals surface area contributed by atoms with E-state index in [9.17, 15) is 5.11 Å². The fourth-order valence-corrected chi connectivity index (χ4v) is 2.08. The van der Waals surface area contributed by atoms with Crippen molar-refractivity contribution in [3.8, 4) is 5.75 Å². The summed E-state index contributed by atoms with van der Waals surface area (Å²) in [4.78, 5) is 0. The lowest BCUT2D eigenvalue weighted by molar-refractivity contribution is 0.0480. The maximum atomic E-state index is 10.5. The molecule has 0 spiro atoms. The molecule has 0 aliphatic carbocycles. The SMILES string of the molecule is COc1ccc(C(C)(O)CCc2cnn(C)c2)cc1. The lowest BCUT2D eigenvalue weighted by Gasteiger charge is -2.23. The smallest absolute Gasteiger partial charge is 0.118 e. The van der Waals surface area contributed by atoms with Crippen LogP contribution in [0, 0.1) is 0 Å². The Morgan fingerprint density at radius 2 is 2.00 bits per heavy atom. The molecule has 1 atom stereocenters. The van der Waals surface area contributed by atoms with Gasteiger partial charge in [-0.2, -0.15) is 5.10 Å². The van der Waals surface area contributed by atoms with Gasteiger partial charge in [0.25, 0.3) is 0 Å². The van der Waals surface area contributed by atoms with E-state index in [1.165, 1.54) is 0 Å². The zero-order chi connectivity index (χ0) is 13.9. The van der Waals surface area contributed by atoms with E-state index in [4.69, 9.17) is 4.74 Å². The molecule has 2 rings (SSSR count). The van der Waals surface area contributed by atoms with Crippen LogP contribution in [0.3, 0.4) is 0 Å². The zero-order valence-electron chi connectivity index (χ0n) is 11.6.